The van der Waals surface area contributed by atoms with Gasteiger partial charge in [-0.15, -0.1) is 0 Å². The van der Waals surface area contributed by atoms with Crippen molar-refractivity contribution < 1.29 is 0 Å². The first-order valence-corrected chi connectivity index (χ1v) is 2.99. The predicted molar refractivity (Wildman–Crippen MR) is 38.9 cm³/mol. The molecule has 0 fully saturated rings. The molecule has 0 aromatic carbocycles. The molecule has 0 aromatic rings. The molecular weight excluding hydrogens is 96.1 g/mol. The van der Waals surface area contributed by atoms with E-state index in [-0.39, 0.29) is 0 Å². The molecule has 46 valence electrons. The van der Waals surface area contributed by atoms with Gasteiger partial charge in [-0.25, -0.2) is 0 Å². The normalized spacial score (nSPS) is 8.38. The molecule has 0 atom stereocenters. The van der Waals surface area contributed by atoms with Crippen LogP contribution in [0.15, 0.2) is 23.8 Å². The summed E-state index contributed by atoms with van der Waals surface area (Å²) in [6.07, 6.45) is 3.17. The lowest BCUT2D eigenvalue weighted by atomic mass is 10.2. The lowest BCUT2D eigenvalue weighted by molar-refractivity contribution is 1.14. The molecule has 0 radical (unpaired) electrons. The summed E-state index contributed by atoms with van der Waals surface area (Å²) in [7, 11) is 0. The summed E-state index contributed by atoms with van der Waals surface area (Å²) in [5.74, 6) is 0. The third-order valence-electron chi connectivity index (χ3n) is 0.947. The number of hydrogen-bond donors (Lipinski definition) is 0. The van der Waals surface area contributed by atoms with Crippen LogP contribution in [-0.2, 0) is 0 Å². The van der Waals surface area contributed by atoms with E-state index in [1.807, 2.05) is 0 Å². The Morgan fingerprint density at radius 1 is 1.50 bits per heavy atom. The fraction of sp³-hybridized carbons (Fsp3) is 0.500. The van der Waals surface area contributed by atoms with Crippen LogP contribution in [0.1, 0.15) is 27.2 Å². The van der Waals surface area contributed by atoms with Crippen molar-refractivity contribution in [2.24, 2.45) is 0 Å². The van der Waals surface area contributed by atoms with Crippen LogP contribution in [-0.4, -0.2) is 0 Å². The standard InChI is InChI=1S/C8H14/c1-5-8(4)6-7(2)3/h6H,4-5H2,1-3H3. The van der Waals surface area contributed by atoms with Crippen molar-refractivity contribution in [2.75, 3.05) is 0 Å². The summed E-state index contributed by atoms with van der Waals surface area (Å²) in [4.78, 5) is 0. The van der Waals surface area contributed by atoms with Gasteiger partial charge in [0.05, 0.1) is 0 Å². The van der Waals surface area contributed by atoms with Crippen molar-refractivity contribution in [2.45, 2.75) is 27.2 Å². The van der Waals surface area contributed by atoms with Crippen molar-refractivity contribution in [3.05, 3.63) is 23.8 Å². The highest BCUT2D eigenvalue weighted by Gasteiger charge is 1.80. The summed E-state index contributed by atoms with van der Waals surface area (Å²) in [5.41, 5.74) is 2.54. The maximum absolute atomic E-state index is 3.84. The molecule has 0 aliphatic heterocycles. The maximum Gasteiger partial charge on any atom is -0.0313 e. The minimum atomic E-state index is 1.06. The number of allylic oxidation sites excluding steroid dienone is 3. The van der Waals surface area contributed by atoms with Crippen LogP contribution in [0.25, 0.3) is 0 Å². The fourth-order valence-electron chi connectivity index (χ4n) is 0.510. The second kappa shape index (κ2) is 3.48. The molecule has 0 saturated carbocycles. The summed E-state index contributed by atoms with van der Waals surface area (Å²) in [6, 6.07) is 0. The molecule has 8 heavy (non-hydrogen) atoms. The van der Waals surface area contributed by atoms with Gasteiger partial charge in [0, 0.05) is 0 Å². The Kier molecular flexibility index (Phi) is 3.25. The third-order valence-corrected chi connectivity index (χ3v) is 0.947. The van der Waals surface area contributed by atoms with E-state index in [1.54, 1.807) is 0 Å². The first-order valence-electron chi connectivity index (χ1n) is 2.99. The van der Waals surface area contributed by atoms with Crippen molar-refractivity contribution in [1.29, 1.82) is 0 Å². The maximum atomic E-state index is 3.84. The molecule has 0 nitrogen and oxygen atoms in total. The van der Waals surface area contributed by atoms with Gasteiger partial charge in [0.25, 0.3) is 0 Å². The Hall–Kier alpha value is -0.520. The Bertz CT molecular complexity index is 103. The second-order valence-corrected chi connectivity index (χ2v) is 2.23. The lowest BCUT2D eigenvalue weighted by Gasteiger charge is -1.91. The van der Waals surface area contributed by atoms with Crippen LogP contribution >= 0.6 is 0 Å². The molecule has 0 bridgehead atoms. The lowest BCUT2D eigenvalue weighted by Crippen LogP contribution is -1.70. The van der Waals surface area contributed by atoms with E-state index in [0.717, 1.165) is 6.42 Å². The molecule has 0 heteroatoms. The van der Waals surface area contributed by atoms with E-state index in [1.165, 1.54) is 11.1 Å². The molecule has 0 N–H and O–H groups in total. The Morgan fingerprint density at radius 3 is 2.12 bits per heavy atom. The van der Waals surface area contributed by atoms with E-state index < -0.39 is 0 Å². The molecule has 0 rings (SSSR count). The quantitative estimate of drug-likeness (QED) is 0.479. The van der Waals surface area contributed by atoms with Gasteiger partial charge in [-0.2, -0.15) is 0 Å². The summed E-state index contributed by atoms with van der Waals surface area (Å²) in [6.45, 7) is 10.1. The van der Waals surface area contributed by atoms with E-state index >= 15 is 0 Å². The van der Waals surface area contributed by atoms with Gasteiger partial charge in [0.1, 0.15) is 0 Å². The number of hydrogen-bond acceptors (Lipinski definition) is 0. The molecule has 0 heterocycles. The molecule has 0 aromatic heterocycles. The van der Waals surface area contributed by atoms with E-state index in [2.05, 4.69) is 33.4 Å². The monoisotopic (exact) mass is 110 g/mol. The highest BCUT2D eigenvalue weighted by Crippen LogP contribution is 2.01. The zero-order valence-corrected chi connectivity index (χ0v) is 5.99. The molecule has 0 unspecified atom stereocenters. The van der Waals surface area contributed by atoms with Gasteiger partial charge >= 0.3 is 0 Å². The van der Waals surface area contributed by atoms with Crippen LogP contribution in [0.3, 0.4) is 0 Å². The second-order valence-electron chi connectivity index (χ2n) is 2.23. The summed E-state index contributed by atoms with van der Waals surface area (Å²) in [5, 5.41) is 0. The Morgan fingerprint density at radius 2 is 2.00 bits per heavy atom. The van der Waals surface area contributed by atoms with Gasteiger partial charge in [0.15, 0.2) is 0 Å². The minimum Gasteiger partial charge on any atom is -0.0958 e. The summed E-state index contributed by atoms with van der Waals surface area (Å²) < 4.78 is 0. The van der Waals surface area contributed by atoms with Crippen LogP contribution in [0, 0.1) is 0 Å². The van der Waals surface area contributed by atoms with Crippen LogP contribution in [0.2, 0.25) is 0 Å². The molecular formula is C8H14. The average Bonchev–Trinajstić information content (AvgIpc) is 1.65. The van der Waals surface area contributed by atoms with Crippen LogP contribution in [0.5, 0.6) is 0 Å². The highest BCUT2D eigenvalue weighted by molar-refractivity contribution is 5.17. The predicted octanol–water partition coefficient (Wildman–Crippen LogP) is 2.92. The van der Waals surface area contributed by atoms with E-state index in [4.69, 9.17) is 0 Å². The Labute approximate surface area is 51.9 Å². The van der Waals surface area contributed by atoms with Crippen LogP contribution < -0.4 is 0 Å². The number of rotatable bonds is 2. The molecule has 0 aliphatic carbocycles. The van der Waals surface area contributed by atoms with E-state index in [9.17, 15) is 0 Å². The van der Waals surface area contributed by atoms with Crippen molar-refractivity contribution in [3.8, 4) is 0 Å². The highest BCUT2D eigenvalue weighted by atomic mass is 13.9. The molecule has 0 saturated heterocycles. The molecule has 0 aliphatic rings. The minimum absolute atomic E-state index is 1.06. The van der Waals surface area contributed by atoms with Gasteiger partial charge in [-0.3, -0.25) is 0 Å². The van der Waals surface area contributed by atoms with Gasteiger partial charge in [0.2, 0.25) is 0 Å². The largest absolute Gasteiger partial charge is 0.0958 e. The van der Waals surface area contributed by atoms with Gasteiger partial charge < -0.3 is 0 Å². The van der Waals surface area contributed by atoms with Crippen LogP contribution in [0.4, 0.5) is 0 Å². The smallest absolute Gasteiger partial charge is 0.0313 e. The van der Waals surface area contributed by atoms with Crippen molar-refractivity contribution in [1.82, 2.24) is 0 Å². The van der Waals surface area contributed by atoms with E-state index in [0.29, 0.717) is 0 Å². The van der Waals surface area contributed by atoms with Crippen molar-refractivity contribution in [3.63, 3.8) is 0 Å². The Balaban J connectivity index is 3.70. The SMILES string of the molecule is C=C(C=C(C)C)CC. The topological polar surface area (TPSA) is 0 Å². The zero-order chi connectivity index (χ0) is 6.57. The fourth-order valence-corrected chi connectivity index (χ4v) is 0.510. The zero-order valence-electron chi connectivity index (χ0n) is 5.99. The van der Waals surface area contributed by atoms with Gasteiger partial charge in [-0.05, 0) is 20.3 Å². The van der Waals surface area contributed by atoms with Gasteiger partial charge in [-0.1, -0.05) is 30.7 Å². The van der Waals surface area contributed by atoms with Crippen molar-refractivity contribution >= 4 is 0 Å². The summed E-state index contributed by atoms with van der Waals surface area (Å²) >= 11 is 0. The molecule has 0 amide bonds. The average molecular weight is 110 g/mol. The first kappa shape index (κ1) is 7.48. The third kappa shape index (κ3) is 3.66. The first-order chi connectivity index (χ1) is 3.66. The molecule has 0 spiro atoms.